The molecule has 0 heterocycles. The van der Waals surface area contributed by atoms with E-state index >= 15 is 0 Å². The Morgan fingerprint density at radius 1 is 0.857 bits per heavy atom. The van der Waals surface area contributed by atoms with Crippen molar-refractivity contribution in [1.82, 2.24) is 5.32 Å². The maximum absolute atomic E-state index is 13.0. The normalized spacial score (nSPS) is 10.5. The first kappa shape index (κ1) is 25.9. The van der Waals surface area contributed by atoms with Crippen molar-refractivity contribution >= 4 is 40.5 Å². The van der Waals surface area contributed by atoms with Gasteiger partial charge in [-0.2, -0.15) is 0 Å². The number of para-hydroxylation sites is 2. The largest absolute Gasteiger partial charge is 0.493 e. The summed E-state index contributed by atoms with van der Waals surface area (Å²) in [6, 6.07) is 19.8. The molecular formula is C28H31N3O3S. The Kier molecular flexibility index (Phi) is 8.98. The lowest BCUT2D eigenvalue weighted by molar-refractivity contribution is 0.0972. The monoisotopic (exact) mass is 489 g/mol. The highest BCUT2D eigenvalue weighted by Gasteiger charge is 2.16. The average Bonchev–Trinajstić information content (AvgIpc) is 2.81. The molecule has 0 saturated heterocycles. The van der Waals surface area contributed by atoms with Gasteiger partial charge in [-0.1, -0.05) is 44.2 Å². The molecule has 0 aliphatic rings. The minimum atomic E-state index is -0.389. The molecule has 0 spiro atoms. The number of anilines is 2. The van der Waals surface area contributed by atoms with Gasteiger partial charge in [-0.3, -0.25) is 14.9 Å². The van der Waals surface area contributed by atoms with E-state index in [1.807, 2.05) is 38.1 Å². The molecular weight excluding hydrogens is 458 g/mol. The number of hydrogen-bond donors (Lipinski definition) is 3. The minimum absolute atomic E-state index is 0.0819. The third-order valence-electron chi connectivity index (χ3n) is 5.50. The molecule has 0 aromatic heterocycles. The standard InChI is InChI=1S/C28H31N3O3S/c1-18(2)15-16-34-25-12-8-6-10-23(25)27(33)31-28(35)30-24-11-7-5-9-22(24)26(32)29-21-14-13-19(3)20(4)17-21/h5-14,17-18H,15-16H2,1-4H3,(H,29,32)(H2,30,31,33,35). The fourth-order valence-electron chi connectivity index (χ4n) is 3.32. The number of benzene rings is 3. The summed E-state index contributed by atoms with van der Waals surface area (Å²) < 4.78 is 5.81. The Morgan fingerprint density at radius 2 is 1.54 bits per heavy atom. The highest BCUT2D eigenvalue weighted by molar-refractivity contribution is 7.80. The second kappa shape index (κ2) is 12.1. The van der Waals surface area contributed by atoms with Gasteiger partial charge < -0.3 is 15.4 Å². The minimum Gasteiger partial charge on any atom is -0.493 e. The molecule has 6 nitrogen and oxygen atoms in total. The van der Waals surface area contributed by atoms with Crippen molar-refractivity contribution in [2.45, 2.75) is 34.1 Å². The van der Waals surface area contributed by atoms with Crippen LogP contribution >= 0.6 is 12.2 Å². The maximum Gasteiger partial charge on any atom is 0.261 e. The van der Waals surface area contributed by atoms with Crippen LogP contribution < -0.4 is 20.7 Å². The number of carbonyl (C=O) groups is 2. The Balaban J connectivity index is 1.67. The predicted molar refractivity (Wildman–Crippen MR) is 145 cm³/mol. The number of ether oxygens (including phenoxy) is 1. The molecule has 0 radical (unpaired) electrons. The third kappa shape index (κ3) is 7.39. The number of thiocarbonyl (C=S) groups is 1. The zero-order chi connectivity index (χ0) is 25.4. The SMILES string of the molecule is Cc1ccc(NC(=O)c2ccccc2NC(=S)NC(=O)c2ccccc2OCCC(C)C)cc1C. The van der Waals surface area contributed by atoms with Crippen molar-refractivity contribution < 1.29 is 14.3 Å². The summed E-state index contributed by atoms with van der Waals surface area (Å²) in [6.07, 6.45) is 0.886. The van der Waals surface area contributed by atoms with E-state index in [1.54, 1.807) is 42.5 Å². The van der Waals surface area contributed by atoms with Crippen LogP contribution in [0.3, 0.4) is 0 Å². The molecule has 0 atom stereocenters. The van der Waals surface area contributed by atoms with Gasteiger partial charge in [0.1, 0.15) is 5.75 Å². The number of aryl methyl sites for hydroxylation is 2. The van der Waals surface area contributed by atoms with Crippen LogP contribution in [0.15, 0.2) is 66.7 Å². The molecule has 0 bridgehead atoms. The number of nitrogens with one attached hydrogen (secondary N) is 3. The van der Waals surface area contributed by atoms with Crippen molar-refractivity contribution in [2.24, 2.45) is 5.92 Å². The van der Waals surface area contributed by atoms with Gasteiger partial charge in [-0.15, -0.1) is 0 Å². The molecule has 3 aromatic carbocycles. The third-order valence-corrected chi connectivity index (χ3v) is 5.70. The quantitative estimate of drug-likeness (QED) is 0.333. The molecule has 182 valence electrons. The van der Waals surface area contributed by atoms with Crippen LogP contribution in [0.5, 0.6) is 5.75 Å². The molecule has 0 aliphatic carbocycles. The first-order valence-electron chi connectivity index (χ1n) is 11.6. The summed E-state index contributed by atoms with van der Waals surface area (Å²) in [7, 11) is 0. The second-order valence-corrected chi connectivity index (χ2v) is 9.14. The molecule has 2 amide bonds. The van der Waals surface area contributed by atoms with Crippen molar-refractivity contribution in [3.63, 3.8) is 0 Å². The van der Waals surface area contributed by atoms with E-state index in [4.69, 9.17) is 17.0 Å². The molecule has 3 rings (SSSR count). The lowest BCUT2D eigenvalue weighted by Gasteiger charge is -2.15. The molecule has 0 saturated carbocycles. The Bertz CT molecular complexity index is 1220. The zero-order valence-corrected chi connectivity index (χ0v) is 21.3. The lowest BCUT2D eigenvalue weighted by Crippen LogP contribution is -2.35. The van der Waals surface area contributed by atoms with E-state index < -0.39 is 0 Å². The van der Waals surface area contributed by atoms with Gasteiger partial charge >= 0.3 is 0 Å². The first-order valence-corrected chi connectivity index (χ1v) is 12.0. The molecule has 0 unspecified atom stereocenters. The van der Waals surface area contributed by atoms with Gasteiger partial charge in [0, 0.05) is 5.69 Å². The second-order valence-electron chi connectivity index (χ2n) is 8.73. The first-order chi connectivity index (χ1) is 16.7. The summed E-state index contributed by atoms with van der Waals surface area (Å²) in [5, 5.41) is 8.65. The van der Waals surface area contributed by atoms with Gasteiger partial charge in [0.2, 0.25) is 0 Å². The van der Waals surface area contributed by atoms with E-state index in [-0.39, 0.29) is 16.9 Å². The predicted octanol–water partition coefficient (Wildman–Crippen LogP) is 6.11. The van der Waals surface area contributed by atoms with Crippen LogP contribution in [0.4, 0.5) is 11.4 Å². The van der Waals surface area contributed by atoms with E-state index in [0.29, 0.717) is 40.8 Å². The molecule has 3 N–H and O–H groups in total. The van der Waals surface area contributed by atoms with E-state index in [9.17, 15) is 9.59 Å². The van der Waals surface area contributed by atoms with Gasteiger partial charge in [-0.25, -0.2) is 0 Å². The van der Waals surface area contributed by atoms with Gasteiger partial charge in [0.25, 0.3) is 11.8 Å². The Hall–Kier alpha value is -3.71. The number of amides is 2. The van der Waals surface area contributed by atoms with Crippen LogP contribution in [0.25, 0.3) is 0 Å². The topological polar surface area (TPSA) is 79.5 Å². The fourth-order valence-corrected chi connectivity index (χ4v) is 3.52. The summed E-state index contributed by atoms with van der Waals surface area (Å²) >= 11 is 5.37. The molecule has 0 aliphatic heterocycles. The number of rotatable bonds is 8. The van der Waals surface area contributed by atoms with Crippen LogP contribution in [0.2, 0.25) is 0 Å². The van der Waals surface area contributed by atoms with Crippen LogP contribution in [0.1, 0.15) is 52.1 Å². The average molecular weight is 490 g/mol. The van der Waals surface area contributed by atoms with E-state index in [2.05, 4.69) is 29.8 Å². The van der Waals surface area contributed by atoms with Crippen molar-refractivity contribution in [1.29, 1.82) is 0 Å². The van der Waals surface area contributed by atoms with Crippen LogP contribution in [0, 0.1) is 19.8 Å². The van der Waals surface area contributed by atoms with Crippen molar-refractivity contribution in [3.8, 4) is 5.75 Å². The van der Waals surface area contributed by atoms with Crippen molar-refractivity contribution in [3.05, 3.63) is 89.0 Å². The van der Waals surface area contributed by atoms with E-state index in [0.717, 1.165) is 17.5 Å². The van der Waals surface area contributed by atoms with Crippen LogP contribution in [-0.4, -0.2) is 23.5 Å². The Labute approximate surface area is 212 Å². The summed E-state index contributed by atoms with van der Waals surface area (Å²) in [4.78, 5) is 25.8. The van der Waals surface area contributed by atoms with E-state index in [1.165, 1.54) is 0 Å². The summed E-state index contributed by atoms with van der Waals surface area (Å²) in [6.45, 7) is 8.77. The number of hydrogen-bond acceptors (Lipinski definition) is 4. The smallest absolute Gasteiger partial charge is 0.261 e. The summed E-state index contributed by atoms with van der Waals surface area (Å²) in [5.74, 6) is 0.329. The maximum atomic E-state index is 13.0. The highest BCUT2D eigenvalue weighted by Crippen LogP contribution is 2.21. The highest BCUT2D eigenvalue weighted by atomic mass is 32.1. The number of carbonyl (C=O) groups excluding carboxylic acids is 2. The molecule has 7 heteroatoms. The van der Waals surface area contributed by atoms with Crippen molar-refractivity contribution in [2.75, 3.05) is 17.2 Å². The molecule has 0 fully saturated rings. The van der Waals surface area contributed by atoms with Gasteiger partial charge in [0.15, 0.2) is 5.11 Å². The fraction of sp³-hybridized carbons (Fsp3) is 0.250. The summed E-state index contributed by atoms with van der Waals surface area (Å²) in [5.41, 5.74) is 4.23. The van der Waals surface area contributed by atoms with Crippen LogP contribution in [-0.2, 0) is 0 Å². The van der Waals surface area contributed by atoms with Gasteiger partial charge in [-0.05, 0) is 85.9 Å². The lowest BCUT2D eigenvalue weighted by atomic mass is 10.1. The molecule has 3 aromatic rings. The Morgan fingerprint density at radius 3 is 2.26 bits per heavy atom. The molecule has 35 heavy (non-hydrogen) atoms. The zero-order valence-electron chi connectivity index (χ0n) is 20.5. The van der Waals surface area contributed by atoms with Gasteiger partial charge in [0.05, 0.1) is 23.4 Å².